The lowest BCUT2D eigenvalue weighted by Crippen LogP contribution is -2.35. The Morgan fingerprint density at radius 3 is 2.65 bits per heavy atom. The van der Waals surface area contributed by atoms with Crippen LogP contribution in [0, 0.1) is 0 Å². The monoisotopic (exact) mass is 280 g/mol. The minimum Gasteiger partial charge on any atom is -0.497 e. The Balaban J connectivity index is 2.59. The van der Waals surface area contributed by atoms with Gasteiger partial charge in [-0.05, 0) is 25.5 Å². The van der Waals surface area contributed by atoms with E-state index in [9.17, 15) is 9.59 Å². The van der Waals surface area contributed by atoms with Crippen LogP contribution in [0.25, 0.3) is 0 Å². The first-order valence-corrected chi connectivity index (χ1v) is 6.37. The van der Waals surface area contributed by atoms with Crippen molar-refractivity contribution in [1.82, 2.24) is 5.32 Å². The second kappa shape index (κ2) is 7.37. The van der Waals surface area contributed by atoms with E-state index in [-0.39, 0.29) is 24.1 Å². The number of nitrogen functional groups attached to an aromatic ring is 1. The zero-order chi connectivity index (χ0) is 15.1. The third-order valence-electron chi connectivity index (χ3n) is 2.75. The highest BCUT2D eigenvalue weighted by Crippen LogP contribution is 2.19. The van der Waals surface area contributed by atoms with Gasteiger partial charge in [0.1, 0.15) is 5.75 Å². The van der Waals surface area contributed by atoms with E-state index in [1.165, 1.54) is 19.2 Å². The van der Waals surface area contributed by atoms with E-state index < -0.39 is 5.97 Å². The topological polar surface area (TPSA) is 90.7 Å². The van der Waals surface area contributed by atoms with Crippen molar-refractivity contribution in [1.29, 1.82) is 0 Å². The van der Waals surface area contributed by atoms with Crippen LogP contribution in [0.5, 0.6) is 5.75 Å². The fraction of sp³-hybridized carbons (Fsp3) is 0.429. The largest absolute Gasteiger partial charge is 0.497 e. The zero-order valence-electron chi connectivity index (χ0n) is 11.9. The van der Waals surface area contributed by atoms with Crippen molar-refractivity contribution >= 4 is 17.6 Å². The molecule has 0 bridgehead atoms. The average molecular weight is 280 g/mol. The van der Waals surface area contributed by atoms with E-state index in [1.54, 1.807) is 6.07 Å². The molecule has 0 aliphatic carbocycles. The SMILES string of the molecule is CCC(C)NC(=O)COC(=O)c1cc(N)cc(OC)c1. The molecule has 1 aromatic rings. The Kier molecular flexibility index (Phi) is 5.83. The number of carbonyl (C=O) groups excluding carboxylic acids is 2. The number of carbonyl (C=O) groups is 2. The van der Waals surface area contributed by atoms with Crippen LogP contribution < -0.4 is 15.8 Å². The summed E-state index contributed by atoms with van der Waals surface area (Å²) in [5.41, 5.74) is 6.28. The summed E-state index contributed by atoms with van der Waals surface area (Å²) in [6.07, 6.45) is 0.812. The van der Waals surface area contributed by atoms with Crippen LogP contribution >= 0.6 is 0 Å². The van der Waals surface area contributed by atoms with Crippen molar-refractivity contribution in [3.05, 3.63) is 23.8 Å². The molecule has 1 rings (SSSR count). The molecule has 0 aromatic heterocycles. The highest BCUT2D eigenvalue weighted by atomic mass is 16.5. The molecule has 0 fully saturated rings. The third-order valence-corrected chi connectivity index (χ3v) is 2.75. The third kappa shape index (κ3) is 4.79. The number of anilines is 1. The summed E-state index contributed by atoms with van der Waals surface area (Å²) in [7, 11) is 1.48. The summed E-state index contributed by atoms with van der Waals surface area (Å²) in [4.78, 5) is 23.3. The lowest BCUT2D eigenvalue weighted by Gasteiger charge is -2.11. The summed E-state index contributed by atoms with van der Waals surface area (Å²) >= 11 is 0. The van der Waals surface area contributed by atoms with E-state index in [1.807, 2.05) is 13.8 Å². The molecule has 0 saturated carbocycles. The number of methoxy groups -OCH3 is 1. The molecule has 20 heavy (non-hydrogen) atoms. The Hall–Kier alpha value is -2.24. The Morgan fingerprint density at radius 2 is 2.05 bits per heavy atom. The fourth-order valence-corrected chi connectivity index (χ4v) is 1.49. The van der Waals surface area contributed by atoms with Gasteiger partial charge < -0.3 is 20.5 Å². The van der Waals surface area contributed by atoms with Crippen LogP contribution in [-0.4, -0.2) is 31.6 Å². The maximum absolute atomic E-state index is 11.8. The van der Waals surface area contributed by atoms with Gasteiger partial charge in [-0.1, -0.05) is 6.92 Å². The second-order valence-corrected chi connectivity index (χ2v) is 4.45. The molecule has 0 saturated heterocycles. The quantitative estimate of drug-likeness (QED) is 0.606. The number of amides is 1. The molecular formula is C14H20N2O4. The lowest BCUT2D eigenvalue weighted by molar-refractivity contribution is -0.124. The molecule has 110 valence electrons. The van der Waals surface area contributed by atoms with Crippen LogP contribution in [0.3, 0.4) is 0 Å². The maximum atomic E-state index is 11.8. The number of esters is 1. The molecule has 1 unspecified atom stereocenters. The number of hydrogen-bond donors (Lipinski definition) is 2. The van der Waals surface area contributed by atoms with Crippen molar-refractivity contribution in [2.45, 2.75) is 26.3 Å². The Labute approximate surface area is 118 Å². The van der Waals surface area contributed by atoms with Gasteiger partial charge in [-0.2, -0.15) is 0 Å². The average Bonchev–Trinajstić information content (AvgIpc) is 2.43. The summed E-state index contributed by atoms with van der Waals surface area (Å²) in [6, 6.07) is 4.61. The summed E-state index contributed by atoms with van der Waals surface area (Å²) in [5, 5.41) is 2.70. The maximum Gasteiger partial charge on any atom is 0.338 e. The van der Waals surface area contributed by atoms with Crippen molar-refractivity contribution in [2.24, 2.45) is 0 Å². The normalized spacial score (nSPS) is 11.6. The first-order chi connectivity index (χ1) is 9.46. The van der Waals surface area contributed by atoms with Crippen LogP contribution in [0.2, 0.25) is 0 Å². The molecule has 1 aromatic carbocycles. The van der Waals surface area contributed by atoms with E-state index in [2.05, 4.69) is 5.32 Å². The number of rotatable bonds is 6. The molecule has 0 heterocycles. The predicted octanol–water partition coefficient (Wildman–Crippen LogP) is 1.35. The van der Waals surface area contributed by atoms with Gasteiger partial charge in [0.2, 0.25) is 0 Å². The minimum absolute atomic E-state index is 0.0497. The van der Waals surface area contributed by atoms with Gasteiger partial charge in [-0.25, -0.2) is 4.79 Å². The number of hydrogen-bond acceptors (Lipinski definition) is 5. The van der Waals surface area contributed by atoms with Gasteiger partial charge in [0.25, 0.3) is 5.91 Å². The first-order valence-electron chi connectivity index (χ1n) is 6.37. The second-order valence-electron chi connectivity index (χ2n) is 4.45. The predicted molar refractivity (Wildman–Crippen MR) is 75.6 cm³/mol. The van der Waals surface area contributed by atoms with E-state index in [0.717, 1.165) is 6.42 Å². The summed E-state index contributed by atoms with van der Waals surface area (Å²) in [5.74, 6) is -0.487. The number of nitrogens with one attached hydrogen (secondary N) is 1. The van der Waals surface area contributed by atoms with E-state index >= 15 is 0 Å². The molecule has 0 spiro atoms. The summed E-state index contributed by atoms with van der Waals surface area (Å²) < 4.78 is 9.94. The molecule has 0 aliphatic heterocycles. The Bertz CT molecular complexity index is 488. The molecule has 0 radical (unpaired) electrons. The van der Waals surface area contributed by atoms with Crippen molar-refractivity contribution in [3.8, 4) is 5.75 Å². The first kappa shape index (κ1) is 15.8. The smallest absolute Gasteiger partial charge is 0.338 e. The Morgan fingerprint density at radius 1 is 1.35 bits per heavy atom. The van der Waals surface area contributed by atoms with Crippen LogP contribution in [-0.2, 0) is 9.53 Å². The van der Waals surface area contributed by atoms with Crippen LogP contribution in [0.15, 0.2) is 18.2 Å². The van der Waals surface area contributed by atoms with Gasteiger partial charge >= 0.3 is 5.97 Å². The molecular weight excluding hydrogens is 260 g/mol. The van der Waals surface area contributed by atoms with Gasteiger partial charge in [0.05, 0.1) is 12.7 Å². The van der Waals surface area contributed by atoms with Gasteiger partial charge in [-0.3, -0.25) is 4.79 Å². The zero-order valence-corrected chi connectivity index (χ0v) is 11.9. The fourth-order valence-electron chi connectivity index (χ4n) is 1.49. The molecule has 6 nitrogen and oxygen atoms in total. The van der Waals surface area contributed by atoms with Crippen molar-refractivity contribution < 1.29 is 19.1 Å². The van der Waals surface area contributed by atoms with E-state index in [0.29, 0.717) is 11.4 Å². The van der Waals surface area contributed by atoms with Crippen molar-refractivity contribution in [3.63, 3.8) is 0 Å². The van der Waals surface area contributed by atoms with Crippen molar-refractivity contribution in [2.75, 3.05) is 19.5 Å². The minimum atomic E-state index is -0.616. The number of benzene rings is 1. The number of nitrogens with two attached hydrogens (primary N) is 1. The van der Waals surface area contributed by atoms with E-state index in [4.69, 9.17) is 15.2 Å². The highest BCUT2D eigenvalue weighted by Gasteiger charge is 2.13. The van der Waals surface area contributed by atoms with Crippen LogP contribution in [0.1, 0.15) is 30.6 Å². The lowest BCUT2D eigenvalue weighted by atomic mass is 10.2. The van der Waals surface area contributed by atoms with Gasteiger partial charge in [0, 0.05) is 17.8 Å². The van der Waals surface area contributed by atoms with Gasteiger partial charge in [-0.15, -0.1) is 0 Å². The standard InChI is InChI=1S/C14H20N2O4/c1-4-9(2)16-13(17)8-20-14(18)10-5-11(15)7-12(6-10)19-3/h5-7,9H,4,8,15H2,1-3H3,(H,16,17). The molecule has 6 heteroatoms. The summed E-state index contributed by atoms with van der Waals surface area (Å²) in [6.45, 7) is 3.51. The molecule has 1 amide bonds. The molecule has 3 N–H and O–H groups in total. The number of ether oxygens (including phenoxy) is 2. The highest BCUT2D eigenvalue weighted by molar-refractivity contribution is 5.92. The molecule has 0 aliphatic rings. The molecule has 1 atom stereocenters. The van der Waals surface area contributed by atoms with Gasteiger partial charge in [0.15, 0.2) is 6.61 Å². The van der Waals surface area contributed by atoms with Crippen LogP contribution in [0.4, 0.5) is 5.69 Å².